The number of benzene rings is 3. The summed E-state index contributed by atoms with van der Waals surface area (Å²) in [5.74, 6) is -1.65. The second-order valence-electron chi connectivity index (χ2n) is 8.71. The van der Waals surface area contributed by atoms with Crippen LogP contribution < -0.4 is 15.4 Å². The van der Waals surface area contributed by atoms with Gasteiger partial charge in [-0.2, -0.15) is 0 Å². The molecule has 1 amide bonds. The number of rotatable bonds is 12. The summed E-state index contributed by atoms with van der Waals surface area (Å²) in [5, 5.41) is 26.7. The van der Waals surface area contributed by atoms with Crippen molar-refractivity contribution < 1.29 is 28.5 Å². The van der Waals surface area contributed by atoms with Crippen LogP contribution in [0.15, 0.2) is 60.7 Å². The fourth-order valence-corrected chi connectivity index (χ4v) is 4.01. The molecule has 0 saturated heterocycles. The number of aliphatic hydroxyl groups excluding tert-OH is 1. The van der Waals surface area contributed by atoms with Crippen molar-refractivity contribution in [1.29, 1.82) is 0 Å². The number of phenolic OH excluding ortho intramolecular Hbond substituents is 1. The summed E-state index contributed by atoms with van der Waals surface area (Å²) >= 11 is 0. The molecule has 8 heteroatoms. The van der Waals surface area contributed by atoms with Crippen molar-refractivity contribution in [2.45, 2.75) is 44.9 Å². The second kappa shape index (κ2) is 13.0. The maximum absolute atomic E-state index is 13.8. The van der Waals surface area contributed by atoms with E-state index in [1.165, 1.54) is 30.9 Å². The Kier molecular flexibility index (Phi) is 9.78. The number of aliphatic hydroxyl groups is 1. The zero-order valence-electron chi connectivity index (χ0n) is 20.4. The third-order valence-corrected chi connectivity index (χ3v) is 5.88. The first-order valence-corrected chi connectivity index (χ1v) is 11.8. The molecule has 0 spiro atoms. The molecule has 0 bridgehead atoms. The Morgan fingerprint density at radius 3 is 2.39 bits per heavy atom. The molecule has 0 saturated carbocycles. The number of amides is 1. The van der Waals surface area contributed by atoms with Gasteiger partial charge in [0.2, 0.25) is 5.91 Å². The zero-order valence-corrected chi connectivity index (χ0v) is 20.4. The number of carbonyl (C=O) groups excluding carboxylic acids is 1. The number of halogens is 2. The lowest BCUT2D eigenvalue weighted by Gasteiger charge is -2.25. The maximum atomic E-state index is 13.8. The number of aromatic hydroxyl groups is 1. The van der Waals surface area contributed by atoms with Crippen molar-refractivity contribution in [3.63, 3.8) is 0 Å². The molecule has 2 atom stereocenters. The van der Waals surface area contributed by atoms with Crippen LogP contribution in [0.5, 0.6) is 11.5 Å². The van der Waals surface area contributed by atoms with Crippen molar-refractivity contribution >= 4 is 5.91 Å². The predicted octanol–water partition coefficient (Wildman–Crippen LogP) is 3.66. The molecule has 0 fully saturated rings. The van der Waals surface area contributed by atoms with Crippen LogP contribution in [0, 0.1) is 11.6 Å². The van der Waals surface area contributed by atoms with Gasteiger partial charge < -0.3 is 25.6 Å². The highest BCUT2D eigenvalue weighted by Gasteiger charge is 2.23. The molecule has 0 heterocycles. The van der Waals surface area contributed by atoms with E-state index in [0.29, 0.717) is 17.7 Å². The smallest absolute Gasteiger partial charge is 0.224 e. The van der Waals surface area contributed by atoms with E-state index in [2.05, 4.69) is 23.6 Å². The van der Waals surface area contributed by atoms with Crippen LogP contribution in [0.1, 0.15) is 29.2 Å². The van der Waals surface area contributed by atoms with Gasteiger partial charge in [-0.25, -0.2) is 8.78 Å². The Bertz CT molecular complexity index is 1150. The van der Waals surface area contributed by atoms with Crippen LogP contribution in [0.25, 0.3) is 0 Å². The van der Waals surface area contributed by atoms with E-state index in [1.54, 1.807) is 12.1 Å². The van der Waals surface area contributed by atoms with Crippen LogP contribution >= 0.6 is 0 Å². The molecule has 192 valence electrons. The average Bonchev–Trinajstić information content (AvgIpc) is 2.84. The monoisotopic (exact) mass is 498 g/mol. The van der Waals surface area contributed by atoms with Crippen LogP contribution in [-0.2, 0) is 30.6 Å². The minimum absolute atomic E-state index is 0.0331. The van der Waals surface area contributed by atoms with E-state index < -0.39 is 23.8 Å². The summed E-state index contributed by atoms with van der Waals surface area (Å²) in [6.07, 6.45) is -0.104. The summed E-state index contributed by atoms with van der Waals surface area (Å²) in [6.45, 7) is 2.76. The standard InChI is InChI=1S/C28H32F2N2O4/c1-3-18-5-4-6-20(9-18)16-31-17-26(34)24(12-21-10-22(29)15-23(30)11-21)32-28(35)14-19-7-8-25(33)27(13-19)36-2/h4-11,13,15,24,26,31,33-34H,3,12,14,16-17H2,1-2H3,(H,32,35)/t24-,26-/m0/s1. The molecule has 0 aliphatic heterocycles. The summed E-state index contributed by atoms with van der Waals surface area (Å²) in [6, 6.07) is 15.0. The Balaban J connectivity index is 1.68. The number of nitrogens with one attached hydrogen (secondary N) is 2. The third kappa shape index (κ3) is 8.03. The molecule has 0 aliphatic rings. The first-order valence-electron chi connectivity index (χ1n) is 11.8. The average molecular weight is 499 g/mol. The Hall–Kier alpha value is -3.49. The lowest BCUT2D eigenvalue weighted by atomic mass is 10.00. The van der Waals surface area contributed by atoms with Crippen LogP contribution in [-0.4, -0.2) is 41.9 Å². The number of ether oxygens (including phenoxy) is 1. The fraction of sp³-hybridized carbons (Fsp3) is 0.321. The number of methoxy groups -OCH3 is 1. The predicted molar refractivity (Wildman–Crippen MR) is 134 cm³/mol. The Morgan fingerprint density at radius 1 is 0.972 bits per heavy atom. The Morgan fingerprint density at radius 2 is 1.69 bits per heavy atom. The van der Waals surface area contributed by atoms with Crippen LogP contribution in [0.2, 0.25) is 0 Å². The maximum Gasteiger partial charge on any atom is 0.224 e. The number of aryl methyl sites for hydroxylation is 1. The van der Waals surface area contributed by atoms with E-state index in [0.717, 1.165) is 18.1 Å². The topological polar surface area (TPSA) is 90.8 Å². The fourth-order valence-electron chi connectivity index (χ4n) is 4.01. The minimum atomic E-state index is -1.02. The van der Waals surface area contributed by atoms with Gasteiger partial charge in [0.15, 0.2) is 11.5 Å². The van der Waals surface area contributed by atoms with Gasteiger partial charge in [-0.1, -0.05) is 37.3 Å². The van der Waals surface area contributed by atoms with Gasteiger partial charge in [-0.05, 0) is 59.4 Å². The quantitative estimate of drug-likeness (QED) is 0.306. The first-order chi connectivity index (χ1) is 17.3. The molecule has 3 aromatic carbocycles. The van der Waals surface area contributed by atoms with Gasteiger partial charge in [0.1, 0.15) is 11.6 Å². The molecule has 3 rings (SSSR count). The Labute approximate surface area is 209 Å². The molecule has 0 unspecified atom stereocenters. The molecule has 3 aromatic rings. The van der Waals surface area contributed by atoms with Crippen molar-refractivity contribution in [2.75, 3.05) is 13.7 Å². The summed E-state index contributed by atoms with van der Waals surface area (Å²) in [4.78, 5) is 12.8. The van der Waals surface area contributed by atoms with E-state index in [-0.39, 0.29) is 36.8 Å². The molecule has 0 aliphatic carbocycles. The van der Waals surface area contributed by atoms with Gasteiger partial charge >= 0.3 is 0 Å². The normalized spacial score (nSPS) is 12.7. The first kappa shape index (κ1) is 27.1. The second-order valence-corrected chi connectivity index (χ2v) is 8.71. The molecule has 0 radical (unpaired) electrons. The summed E-state index contributed by atoms with van der Waals surface area (Å²) < 4.78 is 32.6. The van der Waals surface area contributed by atoms with Gasteiger partial charge in [-0.15, -0.1) is 0 Å². The summed E-state index contributed by atoms with van der Waals surface area (Å²) in [7, 11) is 1.41. The highest BCUT2D eigenvalue weighted by Crippen LogP contribution is 2.26. The molecular weight excluding hydrogens is 466 g/mol. The van der Waals surface area contributed by atoms with Crippen LogP contribution in [0.4, 0.5) is 8.78 Å². The molecular formula is C28H32F2N2O4. The van der Waals surface area contributed by atoms with E-state index in [1.807, 2.05) is 18.2 Å². The van der Waals surface area contributed by atoms with Crippen molar-refractivity contribution in [3.8, 4) is 11.5 Å². The highest BCUT2D eigenvalue weighted by atomic mass is 19.1. The van der Waals surface area contributed by atoms with Gasteiger partial charge in [-0.3, -0.25) is 4.79 Å². The third-order valence-electron chi connectivity index (χ3n) is 5.88. The molecule has 36 heavy (non-hydrogen) atoms. The number of hydrogen-bond donors (Lipinski definition) is 4. The van der Waals surface area contributed by atoms with Crippen LogP contribution in [0.3, 0.4) is 0 Å². The van der Waals surface area contributed by atoms with Crippen molar-refractivity contribution in [3.05, 3.63) is 94.6 Å². The zero-order chi connectivity index (χ0) is 26.1. The molecule has 6 nitrogen and oxygen atoms in total. The molecule has 4 N–H and O–H groups in total. The van der Waals surface area contributed by atoms with Gasteiger partial charge in [0.05, 0.1) is 25.7 Å². The van der Waals surface area contributed by atoms with Gasteiger partial charge in [0.25, 0.3) is 0 Å². The highest BCUT2D eigenvalue weighted by molar-refractivity contribution is 5.79. The lowest BCUT2D eigenvalue weighted by molar-refractivity contribution is -0.122. The summed E-state index contributed by atoms with van der Waals surface area (Å²) in [5.41, 5.74) is 3.19. The van der Waals surface area contributed by atoms with E-state index >= 15 is 0 Å². The van der Waals surface area contributed by atoms with E-state index in [4.69, 9.17) is 4.74 Å². The minimum Gasteiger partial charge on any atom is -0.504 e. The number of hydrogen-bond acceptors (Lipinski definition) is 5. The van der Waals surface area contributed by atoms with Crippen molar-refractivity contribution in [2.24, 2.45) is 0 Å². The van der Waals surface area contributed by atoms with E-state index in [9.17, 15) is 23.8 Å². The SMILES string of the molecule is CCc1cccc(CNC[C@H](O)[C@H](Cc2cc(F)cc(F)c2)NC(=O)Cc2ccc(O)c(OC)c2)c1. The van der Waals surface area contributed by atoms with Gasteiger partial charge in [0, 0.05) is 19.2 Å². The molecule has 0 aromatic heterocycles. The number of phenols is 1. The largest absolute Gasteiger partial charge is 0.504 e. The van der Waals surface area contributed by atoms with Crippen molar-refractivity contribution in [1.82, 2.24) is 10.6 Å². The number of carbonyl (C=O) groups is 1. The lowest BCUT2D eigenvalue weighted by Crippen LogP contribution is -2.49.